The molecule has 126 valence electrons. The minimum atomic E-state index is -3.44. The Morgan fingerprint density at radius 2 is 1.83 bits per heavy atom. The van der Waals surface area contributed by atoms with Gasteiger partial charge in [-0.05, 0) is 30.0 Å². The van der Waals surface area contributed by atoms with Crippen LogP contribution in [0, 0.1) is 5.82 Å². The van der Waals surface area contributed by atoms with E-state index >= 15 is 0 Å². The van der Waals surface area contributed by atoms with Crippen LogP contribution < -0.4 is 4.74 Å². The third-order valence-corrected chi connectivity index (χ3v) is 3.74. The number of rotatable bonds is 8. The van der Waals surface area contributed by atoms with Crippen LogP contribution in [0.15, 0.2) is 30.3 Å². The molecule has 0 atom stereocenters. The Kier molecular flexibility index (Phi) is 5.88. The summed E-state index contributed by atoms with van der Waals surface area (Å²) in [6, 6.07) is 6.68. The monoisotopic (exact) mass is 326 g/mol. The summed E-state index contributed by atoms with van der Waals surface area (Å²) in [5.41, 5.74) is -0.375. The molecule has 2 rings (SSSR count). The SMILES string of the molecule is CCCCCCOc1cc(F)c2cc(C(F)(F)OC)ccc2c1. The highest BCUT2D eigenvalue weighted by Gasteiger charge is 2.31. The first-order chi connectivity index (χ1) is 11.0. The zero-order valence-corrected chi connectivity index (χ0v) is 13.4. The summed E-state index contributed by atoms with van der Waals surface area (Å²) < 4.78 is 50.9. The molecule has 0 amide bonds. The average Bonchev–Trinajstić information content (AvgIpc) is 2.54. The van der Waals surface area contributed by atoms with Gasteiger partial charge in [-0.25, -0.2) is 4.39 Å². The molecule has 23 heavy (non-hydrogen) atoms. The van der Waals surface area contributed by atoms with Crippen LogP contribution in [-0.4, -0.2) is 13.7 Å². The maximum absolute atomic E-state index is 14.2. The molecule has 0 saturated carbocycles. The van der Waals surface area contributed by atoms with Crippen LogP contribution in [0.4, 0.5) is 13.2 Å². The first-order valence-corrected chi connectivity index (χ1v) is 7.77. The van der Waals surface area contributed by atoms with Crippen LogP contribution >= 0.6 is 0 Å². The summed E-state index contributed by atoms with van der Waals surface area (Å²) in [6.45, 7) is 2.64. The van der Waals surface area contributed by atoms with Crippen molar-refractivity contribution in [1.82, 2.24) is 0 Å². The van der Waals surface area contributed by atoms with Gasteiger partial charge in [0.15, 0.2) is 0 Å². The highest BCUT2D eigenvalue weighted by atomic mass is 19.3. The second-order valence-electron chi connectivity index (χ2n) is 5.47. The Labute approximate surface area is 134 Å². The van der Waals surface area contributed by atoms with Gasteiger partial charge in [-0.3, -0.25) is 0 Å². The maximum Gasteiger partial charge on any atom is 0.383 e. The lowest BCUT2D eigenvalue weighted by Crippen LogP contribution is -2.15. The highest BCUT2D eigenvalue weighted by molar-refractivity contribution is 5.85. The lowest BCUT2D eigenvalue weighted by atomic mass is 10.1. The van der Waals surface area contributed by atoms with Gasteiger partial charge < -0.3 is 9.47 Å². The van der Waals surface area contributed by atoms with Gasteiger partial charge in [0.1, 0.15) is 11.6 Å². The Morgan fingerprint density at radius 3 is 2.52 bits per heavy atom. The molecular weight excluding hydrogens is 305 g/mol. The standard InChI is InChI=1S/C18H21F3O2/c1-3-4-5-6-9-23-15-10-13-7-8-14(18(20,21)22-2)11-16(13)17(19)12-15/h7-8,10-12H,3-6,9H2,1-2H3. The Balaban J connectivity index is 2.17. The van der Waals surface area contributed by atoms with Crippen molar-refractivity contribution in [2.45, 2.75) is 38.7 Å². The van der Waals surface area contributed by atoms with Crippen molar-refractivity contribution < 1.29 is 22.6 Å². The highest BCUT2D eigenvalue weighted by Crippen LogP contribution is 2.33. The lowest BCUT2D eigenvalue weighted by Gasteiger charge is -2.15. The number of hydrogen-bond acceptors (Lipinski definition) is 2. The fourth-order valence-corrected chi connectivity index (χ4v) is 2.39. The number of methoxy groups -OCH3 is 1. The van der Waals surface area contributed by atoms with E-state index in [4.69, 9.17) is 4.74 Å². The van der Waals surface area contributed by atoms with E-state index in [1.807, 2.05) is 0 Å². The molecule has 5 heteroatoms. The van der Waals surface area contributed by atoms with Gasteiger partial charge >= 0.3 is 6.11 Å². The molecule has 0 bridgehead atoms. The van der Waals surface area contributed by atoms with Crippen LogP contribution in [0.3, 0.4) is 0 Å². The largest absolute Gasteiger partial charge is 0.493 e. The fraction of sp³-hybridized carbons (Fsp3) is 0.444. The number of unbranched alkanes of at least 4 members (excludes halogenated alkanes) is 3. The topological polar surface area (TPSA) is 18.5 Å². The van der Waals surface area contributed by atoms with E-state index in [0.29, 0.717) is 17.7 Å². The number of benzene rings is 2. The van der Waals surface area contributed by atoms with Crippen molar-refractivity contribution in [1.29, 1.82) is 0 Å². The number of fused-ring (bicyclic) bond motifs is 1. The number of ether oxygens (including phenoxy) is 2. The third kappa shape index (κ3) is 4.38. The smallest absolute Gasteiger partial charge is 0.383 e. The zero-order valence-electron chi connectivity index (χ0n) is 13.4. The quantitative estimate of drug-likeness (QED) is 0.585. The molecule has 0 aliphatic rings. The van der Waals surface area contributed by atoms with Crippen LogP contribution in [-0.2, 0) is 10.8 Å². The molecule has 0 aliphatic carbocycles. The Bertz CT molecular complexity index is 656. The molecule has 0 fully saturated rings. The van der Waals surface area contributed by atoms with Crippen LogP contribution in [0.5, 0.6) is 5.75 Å². The van der Waals surface area contributed by atoms with Crippen molar-refractivity contribution >= 4 is 10.8 Å². The van der Waals surface area contributed by atoms with Crippen molar-refractivity contribution in [3.8, 4) is 5.75 Å². The molecule has 0 radical (unpaired) electrons. The van der Waals surface area contributed by atoms with E-state index in [2.05, 4.69) is 11.7 Å². The first-order valence-electron chi connectivity index (χ1n) is 7.77. The molecule has 2 aromatic rings. The van der Waals surface area contributed by atoms with Crippen LogP contribution in [0.1, 0.15) is 38.2 Å². The molecular formula is C18H21F3O2. The molecule has 0 spiro atoms. The van der Waals surface area contributed by atoms with Crippen molar-refractivity contribution in [2.24, 2.45) is 0 Å². The van der Waals surface area contributed by atoms with E-state index in [-0.39, 0.29) is 10.9 Å². The van der Waals surface area contributed by atoms with Gasteiger partial charge in [0, 0.05) is 18.6 Å². The number of halogens is 3. The minimum absolute atomic E-state index is 0.123. The summed E-state index contributed by atoms with van der Waals surface area (Å²) in [6.07, 6.45) is 0.828. The van der Waals surface area contributed by atoms with E-state index in [1.54, 1.807) is 6.07 Å². The van der Waals surface area contributed by atoms with Crippen LogP contribution in [0.2, 0.25) is 0 Å². The predicted molar refractivity (Wildman–Crippen MR) is 84.4 cm³/mol. The van der Waals surface area contributed by atoms with Gasteiger partial charge in [-0.2, -0.15) is 8.78 Å². The van der Waals surface area contributed by atoms with E-state index in [0.717, 1.165) is 38.9 Å². The third-order valence-electron chi connectivity index (χ3n) is 3.74. The summed E-state index contributed by atoms with van der Waals surface area (Å²) in [5, 5.41) is 0.641. The summed E-state index contributed by atoms with van der Waals surface area (Å²) >= 11 is 0. The Morgan fingerprint density at radius 1 is 1.04 bits per heavy atom. The first kappa shape index (κ1) is 17.6. The zero-order chi connectivity index (χ0) is 16.9. The molecule has 0 unspecified atom stereocenters. The second kappa shape index (κ2) is 7.68. The molecule has 2 aromatic carbocycles. The second-order valence-corrected chi connectivity index (χ2v) is 5.47. The summed E-state index contributed by atoms with van der Waals surface area (Å²) in [4.78, 5) is 0. The fourth-order valence-electron chi connectivity index (χ4n) is 2.39. The predicted octanol–water partition coefficient (Wildman–Crippen LogP) is 5.63. The van der Waals surface area contributed by atoms with E-state index in [1.165, 1.54) is 18.2 Å². The molecule has 0 aromatic heterocycles. The molecule has 2 nitrogen and oxygen atoms in total. The average molecular weight is 326 g/mol. The number of hydrogen-bond donors (Lipinski definition) is 0. The molecule has 0 N–H and O–H groups in total. The van der Waals surface area contributed by atoms with Gasteiger partial charge in [-0.15, -0.1) is 0 Å². The Hall–Kier alpha value is -1.75. The van der Waals surface area contributed by atoms with E-state index < -0.39 is 11.9 Å². The summed E-state index contributed by atoms with van der Waals surface area (Å²) in [7, 11) is 0.913. The maximum atomic E-state index is 14.2. The normalized spacial score (nSPS) is 11.9. The van der Waals surface area contributed by atoms with Crippen LogP contribution in [0.25, 0.3) is 10.8 Å². The molecule has 0 heterocycles. The van der Waals surface area contributed by atoms with Gasteiger partial charge in [0.25, 0.3) is 0 Å². The summed E-state index contributed by atoms with van der Waals surface area (Å²) in [5.74, 6) is -0.169. The van der Waals surface area contributed by atoms with Gasteiger partial charge in [0.05, 0.1) is 12.2 Å². The van der Waals surface area contributed by atoms with Gasteiger partial charge in [0.2, 0.25) is 0 Å². The van der Waals surface area contributed by atoms with Crippen molar-refractivity contribution in [3.05, 3.63) is 41.7 Å². The minimum Gasteiger partial charge on any atom is -0.493 e. The van der Waals surface area contributed by atoms with Gasteiger partial charge in [-0.1, -0.05) is 32.3 Å². The molecule has 0 aliphatic heterocycles. The lowest BCUT2D eigenvalue weighted by molar-refractivity contribution is -0.231. The van der Waals surface area contributed by atoms with E-state index in [9.17, 15) is 13.2 Å². The van der Waals surface area contributed by atoms with Crippen molar-refractivity contribution in [2.75, 3.05) is 13.7 Å². The molecule has 0 saturated heterocycles. The number of alkyl halides is 2. The van der Waals surface area contributed by atoms with Crippen molar-refractivity contribution in [3.63, 3.8) is 0 Å².